The van der Waals surface area contributed by atoms with Gasteiger partial charge in [0.1, 0.15) is 0 Å². The van der Waals surface area contributed by atoms with Gasteiger partial charge in [0.25, 0.3) is 0 Å². The fourth-order valence-corrected chi connectivity index (χ4v) is 6.95. The summed E-state index contributed by atoms with van der Waals surface area (Å²) in [5.74, 6) is 1.23. The molecular weight excluding hydrogens is 818 g/mol. The molecular formula is C47H35N3OPt. The Morgan fingerprint density at radius 2 is 1.29 bits per heavy atom. The first-order valence-corrected chi connectivity index (χ1v) is 17.3. The molecule has 1 aromatic heterocycles. The van der Waals surface area contributed by atoms with Crippen LogP contribution in [0.1, 0.15) is 26.3 Å². The first kappa shape index (κ1) is 33.6. The number of aromatic nitrogens is 1. The van der Waals surface area contributed by atoms with Crippen LogP contribution in [0.2, 0.25) is 0 Å². The standard InChI is InChI=1S/C47H35N3O.Pt/c1-47(2,3)35-16-12-20-38(29-35)50-43-27-24-34(33-14-6-4-7-15-33)28-42(43)41-26-25-40(31-46(41)50)51-39-21-13-19-37(30-39)49-32-48(36-17-8-5-9-18-36)44-22-10-11-23-45(44)49;/h4-19,21-29,32H,1-3H3;/q-4;+4. The van der Waals surface area contributed by atoms with Crippen molar-refractivity contribution in [3.05, 3.63) is 182 Å². The van der Waals surface area contributed by atoms with Gasteiger partial charge in [-0.2, -0.15) is 35.9 Å². The summed E-state index contributed by atoms with van der Waals surface area (Å²) < 4.78 is 8.82. The van der Waals surface area contributed by atoms with E-state index in [2.05, 4.69) is 181 Å². The molecule has 0 N–H and O–H groups in total. The topological polar surface area (TPSA) is 20.6 Å². The van der Waals surface area contributed by atoms with Gasteiger partial charge in [-0.25, -0.2) is 0 Å². The molecule has 0 aliphatic carbocycles. The minimum absolute atomic E-state index is 0. The van der Waals surface area contributed by atoms with Crippen LogP contribution < -0.4 is 14.5 Å². The van der Waals surface area contributed by atoms with Crippen LogP contribution in [0.4, 0.5) is 22.7 Å². The second-order valence-corrected chi connectivity index (χ2v) is 13.9. The van der Waals surface area contributed by atoms with Gasteiger partial charge >= 0.3 is 21.1 Å². The third kappa shape index (κ3) is 6.08. The van der Waals surface area contributed by atoms with Gasteiger partial charge in [-0.05, 0) is 52.3 Å². The molecule has 9 rings (SSSR count). The second-order valence-electron chi connectivity index (χ2n) is 13.9. The molecule has 0 fully saturated rings. The van der Waals surface area contributed by atoms with Crippen molar-refractivity contribution in [1.29, 1.82) is 0 Å². The largest absolute Gasteiger partial charge is 4.00 e. The Kier molecular flexibility index (Phi) is 8.73. The van der Waals surface area contributed by atoms with Crippen LogP contribution in [0.15, 0.2) is 152 Å². The third-order valence-electron chi connectivity index (χ3n) is 9.55. The summed E-state index contributed by atoms with van der Waals surface area (Å²) in [6.45, 7) is 8.83. The number of benzene rings is 7. The van der Waals surface area contributed by atoms with Crippen molar-refractivity contribution < 1.29 is 25.8 Å². The van der Waals surface area contributed by atoms with Crippen molar-refractivity contribution in [2.24, 2.45) is 0 Å². The molecule has 0 saturated heterocycles. The average Bonchev–Trinajstić information content (AvgIpc) is 3.71. The molecule has 254 valence electrons. The second kappa shape index (κ2) is 13.5. The molecule has 52 heavy (non-hydrogen) atoms. The van der Waals surface area contributed by atoms with E-state index in [0.717, 1.165) is 50.2 Å². The normalized spacial score (nSPS) is 12.6. The molecule has 5 heteroatoms. The molecule has 0 bridgehead atoms. The Bertz CT molecular complexity index is 2540. The van der Waals surface area contributed by atoms with Crippen LogP contribution in [0.25, 0.3) is 38.6 Å². The summed E-state index contributed by atoms with van der Waals surface area (Å²) in [6.07, 6.45) is 0. The van der Waals surface area contributed by atoms with E-state index < -0.39 is 0 Å². The molecule has 0 amide bonds. The van der Waals surface area contributed by atoms with Gasteiger partial charge in [0, 0.05) is 34.1 Å². The van der Waals surface area contributed by atoms with Gasteiger partial charge in [0.2, 0.25) is 0 Å². The van der Waals surface area contributed by atoms with Crippen LogP contribution in [-0.4, -0.2) is 4.57 Å². The third-order valence-corrected chi connectivity index (χ3v) is 9.55. The molecule has 0 spiro atoms. The van der Waals surface area contributed by atoms with Crippen LogP contribution in [0.5, 0.6) is 11.5 Å². The fourth-order valence-electron chi connectivity index (χ4n) is 6.95. The van der Waals surface area contributed by atoms with E-state index >= 15 is 0 Å². The summed E-state index contributed by atoms with van der Waals surface area (Å²) in [6, 6.07) is 63.3. The number of para-hydroxylation sites is 3. The molecule has 7 aromatic carbocycles. The Morgan fingerprint density at radius 3 is 2.06 bits per heavy atom. The summed E-state index contributed by atoms with van der Waals surface area (Å²) in [5.41, 5.74) is 10.8. The summed E-state index contributed by atoms with van der Waals surface area (Å²) in [5, 5.41) is 2.26. The number of hydrogen-bond donors (Lipinski definition) is 0. The molecule has 0 saturated carbocycles. The molecule has 2 heterocycles. The first-order chi connectivity index (χ1) is 24.9. The quantitative estimate of drug-likeness (QED) is 0.156. The van der Waals surface area contributed by atoms with Crippen molar-refractivity contribution in [2.75, 3.05) is 9.80 Å². The van der Waals surface area contributed by atoms with E-state index in [1.54, 1.807) is 0 Å². The molecule has 4 nitrogen and oxygen atoms in total. The van der Waals surface area contributed by atoms with E-state index in [1.807, 2.05) is 30.3 Å². The molecule has 0 unspecified atom stereocenters. The number of ether oxygens (including phenoxy) is 1. The van der Waals surface area contributed by atoms with Gasteiger partial charge in [-0.3, -0.25) is 0 Å². The van der Waals surface area contributed by atoms with Gasteiger partial charge in [-0.15, -0.1) is 54.1 Å². The van der Waals surface area contributed by atoms with E-state index in [9.17, 15) is 0 Å². The van der Waals surface area contributed by atoms with Crippen molar-refractivity contribution in [3.8, 4) is 28.3 Å². The molecule has 0 atom stereocenters. The Hall–Kier alpha value is -5.57. The number of hydrogen-bond acceptors (Lipinski definition) is 3. The van der Waals surface area contributed by atoms with Crippen molar-refractivity contribution >= 4 is 44.6 Å². The maximum Gasteiger partial charge on any atom is 4.00 e. The Morgan fingerprint density at radius 1 is 0.577 bits per heavy atom. The number of nitrogens with zero attached hydrogens (tertiary/aromatic N) is 3. The van der Waals surface area contributed by atoms with Gasteiger partial charge in [0.15, 0.2) is 0 Å². The van der Waals surface area contributed by atoms with E-state index in [-0.39, 0.29) is 26.5 Å². The van der Waals surface area contributed by atoms with Crippen LogP contribution >= 0.6 is 0 Å². The maximum absolute atomic E-state index is 6.56. The van der Waals surface area contributed by atoms with Gasteiger partial charge in [-0.1, -0.05) is 105 Å². The first-order valence-electron chi connectivity index (χ1n) is 17.3. The van der Waals surface area contributed by atoms with Crippen molar-refractivity contribution in [2.45, 2.75) is 26.2 Å². The smallest absolute Gasteiger partial charge is 0.509 e. The SMILES string of the molecule is CC(C)(C)c1cc[c-]c(-n2c3[c-]c(Oc4[c-]c(N5[CH-]N(c6ccccc6)c6ccccc65)ccc4)ccc3c3cc(-c4ccccc4)ccc32)c1.[Pt+4]. The fraction of sp³-hybridized carbons (Fsp3) is 0.0851. The van der Waals surface area contributed by atoms with Gasteiger partial charge in [0.05, 0.1) is 0 Å². The Labute approximate surface area is 319 Å². The van der Waals surface area contributed by atoms with E-state index in [4.69, 9.17) is 4.74 Å². The molecule has 0 radical (unpaired) electrons. The molecule has 8 aromatic rings. The monoisotopic (exact) mass is 852 g/mol. The summed E-state index contributed by atoms with van der Waals surface area (Å²) >= 11 is 0. The minimum atomic E-state index is -0.00661. The van der Waals surface area contributed by atoms with E-state index in [1.165, 1.54) is 16.7 Å². The van der Waals surface area contributed by atoms with E-state index in [0.29, 0.717) is 11.5 Å². The molecule has 1 aliphatic rings. The number of fused-ring (bicyclic) bond motifs is 4. The average molecular weight is 853 g/mol. The van der Waals surface area contributed by atoms with Crippen LogP contribution in [-0.2, 0) is 26.5 Å². The van der Waals surface area contributed by atoms with Gasteiger partial charge < -0.3 is 19.1 Å². The zero-order valence-corrected chi connectivity index (χ0v) is 31.3. The summed E-state index contributed by atoms with van der Waals surface area (Å²) in [7, 11) is 0. The zero-order chi connectivity index (χ0) is 34.5. The minimum Gasteiger partial charge on any atom is -0.509 e. The summed E-state index contributed by atoms with van der Waals surface area (Å²) in [4.78, 5) is 4.36. The maximum atomic E-state index is 6.56. The predicted molar refractivity (Wildman–Crippen MR) is 209 cm³/mol. The predicted octanol–water partition coefficient (Wildman–Crippen LogP) is 12.3. The van der Waals surface area contributed by atoms with Crippen LogP contribution in [0, 0.1) is 24.9 Å². The van der Waals surface area contributed by atoms with Crippen molar-refractivity contribution in [1.82, 2.24) is 4.57 Å². The number of anilines is 4. The zero-order valence-electron chi connectivity index (χ0n) is 29.1. The van der Waals surface area contributed by atoms with Crippen LogP contribution in [0.3, 0.4) is 0 Å². The molecule has 1 aliphatic heterocycles. The Balaban J connectivity index is 0.00000387. The number of rotatable bonds is 6. The van der Waals surface area contributed by atoms with Crippen molar-refractivity contribution in [3.63, 3.8) is 0 Å².